The number of carbonyl (C=O) groups is 1. The van der Waals surface area contributed by atoms with E-state index in [9.17, 15) is 9.00 Å². The smallest absolute Gasteiger partial charge is 0.338 e. The lowest BCUT2D eigenvalue weighted by Crippen LogP contribution is -2.35. The van der Waals surface area contributed by atoms with Crippen LogP contribution in [-0.2, 0) is 20.3 Å². The molecule has 2 rings (SSSR count). The van der Waals surface area contributed by atoms with Crippen LogP contribution >= 0.6 is 0 Å². The summed E-state index contributed by atoms with van der Waals surface area (Å²) in [6, 6.07) is 8.71. The van der Waals surface area contributed by atoms with E-state index in [1.807, 2.05) is 6.07 Å². The number of benzene rings is 1. The summed E-state index contributed by atoms with van der Waals surface area (Å²) in [4.78, 5) is 10.8. The Kier molecular flexibility index (Phi) is 3.59. The second-order valence-corrected chi connectivity index (χ2v) is 5.94. The first-order valence-corrected chi connectivity index (χ1v) is 6.68. The van der Waals surface area contributed by atoms with E-state index in [2.05, 4.69) is 0 Å². The van der Waals surface area contributed by atoms with Crippen molar-refractivity contribution in [3.63, 3.8) is 0 Å². The van der Waals surface area contributed by atoms with Gasteiger partial charge in [0.2, 0.25) is 0 Å². The number of ether oxygens (including phenoxy) is 2. The Balaban J connectivity index is 1.95. The van der Waals surface area contributed by atoms with Gasteiger partial charge in [0.15, 0.2) is 4.93 Å². The monoisotopic (exact) mass is 254 g/mol. The van der Waals surface area contributed by atoms with E-state index in [4.69, 9.17) is 9.47 Å². The predicted molar refractivity (Wildman–Crippen MR) is 64.1 cm³/mol. The van der Waals surface area contributed by atoms with Crippen molar-refractivity contribution < 1.29 is 18.5 Å². The van der Waals surface area contributed by atoms with Gasteiger partial charge in [-0.15, -0.1) is 0 Å². The standard InChI is InChI=1S/C12H14O4S/c1-12(16-7-8-17(12)14)9-15-11(13)10-5-3-2-4-6-10/h2-6H,7-9H2,1H3. The van der Waals surface area contributed by atoms with Gasteiger partial charge < -0.3 is 9.47 Å². The van der Waals surface area contributed by atoms with Crippen LogP contribution in [0.2, 0.25) is 0 Å². The maximum atomic E-state index is 11.7. The topological polar surface area (TPSA) is 52.6 Å². The van der Waals surface area contributed by atoms with Gasteiger partial charge in [0.05, 0.1) is 28.7 Å². The zero-order chi connectivity index (χ0) is 12.3. The van der Waals surface area contributed by atoms with Crippen molar-refractivity contribution in [2.45, 2.75) is 11.9 Å². The molecule has 1 aromatic carbocycles. The molecule has 1 fully saturated rings. The average molecular weight is 254 g/mol. The molecule has 0 radical (unpaired) electrons. The Bertz CT molecular complexity index is 431. The van der Waals surface area contributed by atoms with Gasteiger partial charge in [-0.1, -0.05) is 18.2 Å². The summed E-state index contributed by atoms with van der Waals surface area (Å²) < 4.78 is 22.1. The summed E-state index contributed by atoms with van der Waals surface area (Å²) in [5.41, 5.74) is 0.486. The number of hydrogen-bond acceptors (Lipinski definition) is 4. The van der Waals surface area contributed by atoms with Crippen LogP contribution in [0.5, 0.6) is 0 Å². The summed E-state index contributed by atoms with van der Waals surface area (Å²) in [6.07, 6.45) is 0. The average Bonchev–Trinajstić information content (AvgIpc) is 2.68. The van der Waals surface area contributed by atoms with Crippen LogP contribution in [0.3, 0.4) is 0 Å². The Morgan fingerprint density at radius 2 is 2.18 bits per heavy atom. The number of carbonyl (C=O) groups excluding carboxylic acids is 1. The Morgan fingerprint density at radius 1 is 1.47 bits per heavy atom. The third-order valence-electron chi connectivity index (χ3n) is 2.63. The van der Waals surface area contributed by atoms with Crippen molar-refractivity contribution in [1.29, 1.82) is 0 Å². The molecule has 5 heteroatoms. The SMILES string of the molecule is CC1(COC(=O)c2ccccc2)OCCS1=O. The molecule has 1 heterocycles. The second kappa shape index (κ2) is 4.98. The van der Waals surface area contributed by atoms with Crippen LogP contribution in [-0.4, -0.2) is 34.1 Å². The van der Waals surface area contributed by atoms with Crippen LogP contribution in [0.4, 0.5) is 0 Å². The molecule has 1 aliphatic rings. The predicted octanol–water partition coefficient (Wildman–Crippen LogP) is 1.34. The van der Waals surface area contributed by atoms with Crippen molar-refractivity contribution in [2.75, 3.05) is 19.0 Å². The van der Waals surface area contributed by atoms with E-state index in [0.717, 1.165) is 0 Å². The minimum absolute atomic E-state index is 0.0212. The van der Waals surface area contributed by atoms with Crippen molar-refractivity contribution in [3.8, 4) is 0 Å². The molecule has 1 aliphatic heterocycles. The third kappa shape index (κ3) is 2.73. The van der Waals surface area contributed by atoms with Crippen LogP contribution in [0.25, 0.3) is 0 Å². The molecule has 0 aromatic heterocycles. The highest BCUT2D eigenvalue weighted by Crippen LogP contribution is 2.23. The Hall–Kier alpha value is -1.20. The van der Waals surface area contributed by atoms with Crippen molar-refractivity contribution >= 4 is 16.8 Å². The van der Waals surface area contributed by atoms with Gasteiger partial charge in [-0.2, -0.15) is 0 Å². The molecule has 1 saturated heterocycles. The molecular formula is C12H14O4S. The molecule has 2 unspecified atom stereocenters. The van der Waals surface area contributed by atoms with Crippen LogP contribution in [0, 0.1) is 0 Å². The molecule has 0 saturated carbocycles. The maximum absolute atomic E-state index is 11.7. The highest BCUT2D eigenvalue weighted by molar-refractivity contribution is 7.86. The first-order chi connectivity index (χ1) is 8.12. The molecule has 4 nitrogen and oxygen atoms in total. The molecular weight excluding hydrogens is 240 g/mol. The van der Waals surface area contributed by atoms with Crippen LogP contribution < -0.4 is 0 Å². The highest BCUT2D eigenvalue weighted by Gasteiger charge is 2.39. The van der Waals surface area contributed by atoms with Gasteiger partial charge >= 0.3 is 5.97 Å². The molecule has 0 N–H and O–H groups in total. The fraction of sp³-hybridized carbons (Fsp3) is 0.417. The van der Waals surface area contributed by atoms with Crippen molar-refractivity contribution in [1.82, 2.24) is 0 Å². The van der Waals surface area contributed by atoms with Crippen molar-refractivity contribution in [2.24, 2.45) is 0 Å². The normalized spacial score (nSPS) is 27.9. The molecule has 92 valence electrons. The molecule has 17 heavy (non-hydrogen) atoms. The van der Waals surface area contributed by atoms with Crippen LogP contribution in [0.15, 0.2) is 30.3 Å². The van der Waals surface area contributed by atoms with E-state index in [-0.39, 0.29) is 6.61 Å². The van der Waals surface area contributed by atoms with Gasteiger partial charge in [0, 0.05) is 0 Å². The van der Waals surface area contributed by atoms with Gasteiger partial charge in [0.1, 0.15) is 6.61 Å². The lowest BCUT2D eigenvalue weighted by molar-refractivity contribution is -0.00612. The van der Waals surface area contributed by atoms with Gasteiger partial charge in [-0.05, 0) is 19.1 Å². The zero-order valence-corrected chi connectivity index (χ0v) is 10.4. The summed E-state index contributed by atoms with van der Waals surface area (Å²) in [5, 5.41) is 0. The Morgan fingerprint density at radius 3 is 2.76 bits per heavy atom. The van der Waals surface area contributed by atoms with Crippen LogP contribution in [0.1, 0.15) is 17.3 Å². The molecule has 0 amide bonds. The molecule has 1 aromatic rings. The fourth-order valence-electron chi connectivity index (χ4n) is 1.58. The van der Waals surface area contributed by atoms with Crippen molar-refractivity contribution in [3.05, 3.63) is 35.9 Å². The maximum Gasteiger partial charge on any atom is 0.338 e. The number of esters is 1. The largest absolute Gasteiger partial charge is 0.458 e. The van der Waals surface area contributed by atoms with E-state index < -0.39 is 21.7 Å². The van der Waals surface area contributed by atoms with E-state index in [1.165, 1.54) is 0 Å². The zero-order valence-electron chi connectivity index (χ0n) is 9.55. The summed E-state index contributed by atoms with van der Waals surface area (Å²) in [5.74, 6) is 0.0821. The molecule has 0 aliphatic carbocycles. The van der Waals surface area contributed by atoms with Gasteiger partial charge in [-0.25, -0.2) is 4.79 Å². The third-order valence-corrected chi connectivity index (χ3v) is 4.37. The Labute approximate surface area is 102 Å². The minimum Gasteiger partial charge on any atom is -0.458 e. The van der Waals surface area contributed by atoms with E-state index in [1.54, 1.807) is 31.2 Å². The summed E-state index contributed by atoms with van der Waals surface area (Å²) >= 11 is 0. The quantitative estimate of drug-likeness (QED) is 0.764. The molecule has 0 bridgehead atoms. The first kappa shape index (κ1) is 12.3. The highest BCUT2D eigenvalue weighted by atomic mass is 32.2. The first-order valence-electron chi connectivity index (χ1n) is 5.36. The van der Waals surface area contributed by atoms with Gasteiger partial charge in [0.25, 0.3) is 0 Å². The second-order valence-electron chi connectivity index (χ2n) is 3.97. The lowest BCUT2D eigenvalue weighted by atomic mass is 10.2. The number of rotatable bonds is 3. The van der Waals surface area contributed by atoms with E-state index >= 15 is 0 Å². The van der Waals surface area contributed by atoms with E-state index in [0.29, 0.717) is 17.9 Å². The summed E-state index contributed by atoms with van der Waals surface area (Å²) in [6.45, 7) is 2.17. The summed E-state index contributed by atoms with van der Waals surface area (Å²) in [7, 11) is -1.10. The lowest BCUT2D eigenvalue weighted by Gasteiger charge is -2.21. The van der Waals surface area contributed by atoms with Gasteiger partial charge in [-0.3, -0.25) is 4.21 Å². The molecule has 2 atom stereocenters. The number of hydrogen-bond donors (Lipinski definition) is 0. The fourth-order valence-corrected chi connectivity index (χ4v) is 2.65. The molecule has 0 spiro atoms. The minimum atomic E-state index is -1.10.